The van der Waals surface area contributed by atoms with Crippen LogP contribution in [0.15, 0.2) is 16.3 Å². The van der Waals surface area contributed by atoms with E-state index in [0.29, 0.717) is 5.57 Å². The van der Waals surface area contributed by atoms with Crippen molar-refractivity contribution in [1.82, 2.24) is 4.90 Å². The Balaban J connectivity index is 0.00000420. The second-order valence-electron chi connectivity index (χ2n) is 6.23. The van der Waals surface area contributed by atoms with Crippen molar-refractivity contribution >= 4 is 41.5 Å². The van der Waals surface area contributed by atoms with Crippen molar-refractivity contribution in [2.45, 2.75) is 43.6 Å². The predicted molar refractivity (Wildman–Crippen MR) is 92.4 cm³/mol. The largest absolute Gasteiger partial charge is 1.00 e. The molecule has 2 aliphatic heterocycles. The fourth-order valence-corrected chi connectivity index (χ4v) is 4.07. The maximum atomic E-state index is 12.4. The van der Waals surface area contributed by atoms with Gasteiger partial charge in [-0.25, -0.2) is 4.79 Å². The minimum absolute atomic E-state index is 0. The van der Waals surface area contributed by atoms with Crippen LogP contribution in [0.5, 0.6) is 0 Å². The van der Waals surface area contributed by atoms with Gasteiger partial charge in [0.2, 0.25) is 0 Å². The molecule has 14 heteroatoms. The zero-order chi connectivity index (χ0) is 21.0. The molecule has 0 aromatic carbocycles. The van der Waals surface area contributed by atoms with E-state index in [1.807, 2.05) is 0 Å². The van der Waals surface area contributed by atoms with E-state index < -0.39 is 47.2 Å². The Morgan fingerprint density at radius 3 is 2.53 bits per heavy atom. The standard InChI is InChI=1S/C16H21N3O8S.2K/c1-7(20)27-5-8-6-28-14-11(13(22)19(14)12(8)16(25)26)18-10(21)4-2-3-9(17)15(23)24;;/h9,11,14H,2-6,17H2,1H3,(H,18,21)(H,23,24)(H,25,26);;/q;2*+1/p-2/t9?,11-,14-;;/m1../s1. The van der Waals surface area contributed by atoms with E-state index in [9.17, 15) is 34.5 Å². The predicted octanol–water partition coefficient (Wildman–Crippen LogP) is -8.81. The second kappa shape index (κ2) is 14.0. The molecule has 0 saturated carbocycles. The van der Waals surface area contributed by atoms with Gasteiger partial charge in [-0.2, -0.15) is 0 Å². The molecular weight excluding hydrogens is 472 g/mol. The van der Waals surface area contributed by atoms with Gasteiger partial charge in [0.05, 0.1) is 5.97 Å². The summed E-state index contributed by atoms with van der Waals surface area (Å²) in [4.78, 5) is 50.3. The van der Waals surface area contributed by atoms with Crippen LogP contribution in [0.3, 0.4) is 0 Å². The summed E-state index contributed by atoms with van der Waals surface area (Å²) < 4.78 is 4.83. The number of aliphatic carboxylic acids is 2. The third-order valence-electron chi connectivity index (χ3n) is 4.16. The third-order valence-corrected chi connectivity index (χ3v) is 5.49. The smallest absolute Gasteiger partial charge is 0.862 e. The molecule has 3 N–H and O–H groups in total. The van der Waals surface area contributed by atoms with Gasteiger partial charge in [-0.05, 0) is 25.2 Å². The zero-order valence-electron chi connectivity index (χ0n) is 17.0. The first-order chi connectivity index (χ1) is 13.1. The van der Waals surface area contributed by atoms with Crippen molar-refractivity contribution in [3.05, 3.63) is 11.3 Å². The first-order valence-corrected chi connectivity index (χ1v) is 9.41. The molecule has 1 amide bonds. The van der Waals surface area contributed by atoms with Crippen LogP contribution in [0.25, 0.3) is 0 Å². The molecule has 3 atom stereocenters. The number of hydrogen-bond acceptors (Lipinski definition) is 10. The maximum Gasteiger partial charge on any atom is 1.00 e. The number of carboxylic acids is 2. The number of hydrogen-bond donors (Lipinski definition) is 2. The van der Waals surface area contributed by atoms with E-state index >= 15 is 0 Å². The number of ether oxygens (including phenoxy) is 1. The molecule has 0 aliphatic carbocycles. The van der Waals surface area contributed by atoms with Gasteiger partial charge in [0.15, 0.2) is 6.04 Å². The number of rotatable bonds is 9. The molecule has 2 aliphatic rings. The molecule has 2 rings (SSSR count). The second-order valence-corrected chi connectivity index (χ2v) is 7.34. The number of thioether (sulfide) groups is 1. The number of β-lactam (4-membered cyclic amide) rings is 1. The third kappa shape index (κ3) is 7.91. The molecule has 2 heterocycles. The summed E-state index contributed by atoms with van der Waals surface area (Å²) in [7, 11) is 0. The topological polar surface area (TPSA) is 185 Å². The fourth-order valence-electron chi connectivity index (χ4n) is 2.76. The Morgan fingerprint density at radius 2 is 2.00 bits per heavy atom. The minimum Gasteiger partial charge on any atom is -0.862 e. The summed E-state index contributed by atoms with van der Waals surface area (Å²) in [5.41, 5.74) is 5.33. The van der Waals surface area contributed by atoms with Crippen molar-refractivity contribution in [3.8, 4) is 0 Å². The van der Waals surface area contributed by atoms with Crippen molar-refractivity contribution in [2.75, 3.05) is 12.4 Å². The van der Waals surface area contributed by atoms with Crippen LogP contribution < -0.4 is 119 Å². The summed E-state index contributed by atoms with van der Waals surface area (Å²) in [5.74, 6) is -4.32. The monoisotopic (exact) mass is 491 g/mol. The fraction of sp³-hybridized carbons (Fsp3) is 0.562. The van der Waals surface area contributed by atoms with Gasteiger partial charge in [-0.3, -0.25) is 19.5 Å². The molecule has 0 aromatic rings. The van der Waals surface area contributed by atoms with Crippen molar-refractivity contribution < 1.29 is 142 Å². The van der Waals surface area contributed by atoms with Crippen LogP contribution in [0.2, 0.25) is 0 Å². The minimum atomic E-state index is -1.41. The van der Waals surface area contributed by atoms with Crippen LogP contribution >= 0.6 is 11.8 Å². The van der Waals surface area contributed by atoms with Gasteiger partial charge < -0.3 is 30.6 Å². The molecule has 0 spiro atoms. The van der Waals surface area contributed by atoms with Gasteiger partial charge in [-0.1, -0.05) is 0 Å². The quantitative estimate of drug-likeness (QED) is 0.103. The summed E-state index contributed by atoms with van der Waals surface area (Å²) >= 11 is 1.22. The Bertz CT molecular complexity index is 761. The van der Waals surface area contributed by atoms with Crippen LogP contribution in [0.4, 0.5) is 0 Å². The summed E-state index contributed by atoms with van der Waals surface area (Å²) in [6, 6.07) is -2.18. The number of carbonyl (C=O) groups is 4. The molecule has 1 unspecified atom stereocenters. The van der Waals surface area contributed by atoms with E-state index in [1.54, 1.807) is 0 Å². The summed E-state index contributed by atoms with van der Waals surface area (Å²) in [6.07, 6.45) is 0.131. The normalized spacial score (nSPS) is 21.5. The van der Waals surface area contributed by atoms with Crippen LogP contribution in [-0.2, 0) is 23.9 Å². The van der Waals surface area contributed by atoms with E-state index in [4.69, 9.17) is 10.5 Å². The number of fused-ring (bicyclic) bond motifs is 1. The Morgan fingerprint density at radius 1 is 1.37 bits per heavy atom. The number of esters is 1. The number of nitrogens with two attached hydrogens (primary N) is 1. The molecule has 1 saturated heterocycles. The number of carboxylic acid groups (broad SMARTS) is 2. The Hall–Kier alpha value is 0.673. The molecular formula is C16H19K2N3O8S. The first kappa shape index (κ1) is 30.7. The van der Waals surface area contributed by atoms with Crippen LogP contribution in [-0.4, -0.2) is 69.5 Å². The SMILES string of the molecule is CC(=O)OCC1=C(C(=O)O)N2C(=O)[C@@H](N=C([O-])CCCC(N)C(=O)[O-])[C@H]2SC1.[K+].[K+]. The van der Waals surface area contributed by atoms with Gasteiger partial charge in [0.25, 0.3) is 5.91 Å². The van der Waals surface area contributed by atoms with Gasteiger partial charge >= 0.3 is 115 Å². The number of carbonyl (C=O) groups excluding carboxylic acids is 3. The molecule has 0 radical (unpaired) electrons. The van der Waals surface area contributed by atoms with E-state index in [-0.39, 0.29) is 140 Å². The van der Waals surface area contributed by atoms with Gasteiger partial charge in [-0.15, -0.1) is 11.8 Å². The Kier molecular flexibility index (Phi) is 14.4. The molecule has 30 heavy (non-hydrogen) atoms. The van der Waals surface area contributed by atoms with Crippen LogP contribution in [0.1, 0.15) is 26.2 Å². The van der Waals surface area contributed by atoms with E-state index in [2.05, 4.69) is 4.99 Å². The van der Waals surface area contributed by atoms with Crippen molar-refractivity contribution in [3.63, 3.8) is 0 Å². The van der Waals surface area contributed by atoms with Gasteiger partial charge in [0, 0.05) is 24.3 Å². The van der Waals surface area contributed by atoms with E-state index in [0.717, 1.165) is 4.90 Å². The van der Waals surface area contributed by atoms with E-state index in [1.165, 1.54) is 18.7 Å². The average molecular weight is 492 g/mol. The molecule has 0 aromatic heterocycles. The number of nitrogens with zero attached hydrogens (tertiary/aromatic N) is 2. The molecule has 154 valence electrons. The molecule has 11 nitrogen and oxygen atoms in total. The summed E-state index contributed by atoms with van der Waals surface area (Å²) in [6.45, 7) is 0.953. The van der Waals surface area contributed by atoms with Crippen molar-refractivity contribution in [2.24, 2.45) is 10.7 Å². The Labute approximate surface area is 262 Å². The average Bonchev–Trinajstić information content (AvgIpc) is 2.62. The molecule has 1 fully saturated rings. The van der Waals surface area contributed by atoms with Gasteiger partial charge in [0.1, 0.15) is 17.7 Å². The molecule has 0 bridgehead atoms. The van der Waals surface area contributed by atoms with Crippen molar-refractivity contribution in [1.29, 1.82) is 0 Å². The summed E-state index contributed by atoms with van der Waals surface area (Å²) in [5, 5.41) is 31.3. The van der Waals surface area contributed by atoms with Crippen LogP contribution in [0, 0.1) is 0 Å². The first-order valence-electron chi connectivity index (χ1n) is 8.37. The zero-order valence-corrected chi connectivity index (χ0v) is 24.0. The number of amides is 1. The number of aliphatic imine (C=N–C) groups is 1. The maximum absolute atomic E-state index is 12.4.